The van der Waals surface area contributed by atoms with Crippen LogP contribution in [0.4, 0.5) is 13.2 Å². The van der Waals surface area contributed by atoms with Gasteiger partial charge in [0.2, 0.25) is 11.8 Å². The summed E-state index contributed by atoms with van der Waals surface area (Å²) >= 11 is 0. The molecule has 0 saturated carbocycles. The van der Waals surface area contributed by atoms with Crippen molar-refractivity contribution in [1.82, 2.24) is 5.16 Å². The Hall–Kier alpha value is -2.06. The average Bonchev–Trinajstić information content (AvgIpc) is 2.68. The molecule has 0 radical (unpaired) electrons. The number of carbonyl (C=O) groups is 2. The smallest absolute Gasteiger partial charge is 0.369 e. The van der Waals surface area contributed by atoms with Gasteiger partial charge in [-0.3, -0.25) is 9.59 Å². The van der Waals surface area contributed by atoms with E-state index in [4.69, 9.17) is 11.5 Å². The fourth-order valence-electron chi connectivity index (χ4n) is 1.96. The first-order valence-electron chi connectivity index (χ1n) is 5.69. The molecule has 2 unspecified atom stereocenters. The molecule has 0 spiro atoms. The third kappa shape index (κ3) is 3.97. The van der Waals surface area contributed by atoms with E-state index in [0.717, 1.165) is 6.26 Å². The Bertz CT molecular complexity index is 499. The van der Waals surface area contributed by atoms with Crippen molar-refractivity contribution < 1.29 is 27.3 Å². The van der Waals surface area contributed by atoms with Gasteiger partial charge in [-0.2, -0.15) is 13.2 Å². The summed E-state index contributed by atoms with van der Waals surface area (Å²) in [5.74, 6) is -4.64. The van der Waals surface area contributed by atoms with Crippen LogP contribution < -0.4 is 11.5 Å². The number of carbonyl (C=O) groups excluding carboxylic acids is 2. The summed E-state index contributed by atoms with van der Waals surface area (Å²) in [7, 11) is 0. The van der Waals surface area contributed by atoms with Crippen LogP contribution >= 0.6 is 0 Å². The molecular weight excluding hydrogens is 279 g/mol. The largest absolute Gasteiger partial charge is 0.389 e. The van der Waals surface area contributed by atoms with E-state index in [-0.39, 0.29) is 11.3 Å². The van der Waals surface area contributed by atoms with Crippen molar-refractivity contribution in [3.8, 4) is 0 Å². The molecule has 4 N–H and O–H groups in total. The van der Waals surface area contributed by atoms with Gasteiger partial charge in [-0.15, -0.1) is 0 Å². The van der Waals surface area contributed by atoms with E-state index in [2.05, 4.69) is 9.68 Å². The van der Waals surface area contributed by atoms with E-state index in [1.807, 2.05) is 0 Å². The van der Waals surface area contributed by atoms with E-state index >= 15 is 0 Å². The summed E-state index contributed by atoms with van der Waals surface area (Å²) in [6.07, 6.45) is -5.25. The first kappa shape index (κ1) is 16.0. The van der Waals surface area contributed by atoms with E-state index in [9.17, 15) is 22.8 Å². The van der Waals surface area contributed by atoms with Crippen LogP contribution in [0.3, 0.4) is 0 Å². The quantitative estimate of drug-likeness (QED) is 0.814. The second-order valence-electron chi connectivity index (χ2n) is 4.40. The Morgan fingerprint density at radius 1 is 1.35 bits per heavy atom. The Balaban J connectivity index is 3.05. The standard InChI is InChI=1S/C11H14F3N3O3/c1-5-7(4-20-17-5)8(10(16)19)6(9(15)18)2-3-11(12,13)14/h4,6,8H,2-3H2,1H3,(H2,15,18)(H2,16,19). The molecule has 112 valence electrons. The van der Waals surface area contributed by atoms with E-state index in [1.165, 1.54) is 6.92 Å². The van der Waals surface area contributed by atoms with Crippen LogP contribution in [0.25, 0.3) is 0 Å². The number of halogens is 3. The zero-order chi connectivity index (χ0) is 15.5. The fraction of sp³-hybridized carbons (Fsp3) is 0.545. The Morgan fingerprint density at radius 2 is 1.95 bits per heavy atom. The highest BCUT2D eigenvalue weighted by Crippen LogP contribution is 2.33. The minimum atomic E-state index is -4.46. The lowest BCUT2D eigenvalue weighted by molar-refractivity contribution is -0.143. The molecule has 0 aliphatic heterocycles. The Kier molecular flexibility index (Phi) is 4.74. The van der Waals surface area contributed by atoms with Crippen molar-refractivity contribution in [2.24, 2.45) is 17.4 Å². The maximum Gasteiger partial charge on any atom is 0.389 e. The second-order valence-corrected chi connectivity index (χ2v) is 4.40. The Morgan fingerprint density at radius 3 is 2.30 bits per heavy atom. The van der Waals surface area contributed by atoms with Gasteiger partial charge in [0.05, 0.1) is 17.5 Å². The number of aromatic nitrogens is 1. The number of hydrogen-bond donors (Lipinski definition) is 2. The molecule has 0 saturated heterocycles. The van der Waals surface area contributed by atoms with Gasteiger partial charge in [0.15, 0.2) is 0 Å². The summed E-state index contributed by atoms with van der Waals surface area (Å²) < 4.78 is 41.4. The fourth-order valence-corrected chi connectivity index (χ4v) is 1.96. The number of rotatable bonds is 6. The predicted octanol–water partition coefficient (Wildman–Crippen LogP) is 0.996. The van der Waals surface area contributed by atoms with Crippen molar-refractivity contribution in [3.05, 3.63) is 17.5 Å². The Labute approximate surface area is 112 Å². The molecule has 1 rings (SSSR count). The van der Waals surface area contributed by atoms with Crippen molar-refractivity contribution in [1.29, 1.82) is 0 Å². The van der Waals surface area contributed by atoms with Gasteiger partial charge < -0.3 is 16.0 Å². The molecular formula is C11H14F3N3O3. The highest BCUT2D eigenvalue weighted by Gasteiger charge is 2.38. The number of nitrogens with zero attached hydrogens (tertiary/aromatic N) is 1. The van der Waals surface area contributed by atoms with Crippen LogP contribution in [-0.4, -0.2) is 23.1 Å². The number of hydrogen-bond acceptors (Lipinski definition) is 4. The molecule has 0 aliphatic carbocycles. The molecule has 20 heavy (non-hydrogen) atoms. The maximum atomic E-state index is 12.3. The number of nitrogens with two attached hydrogens (primary N) is 2. The maximum absolute atomic E-state index is 12.3. The van der Waals surface area contributed by atoms with Gasteiger partial charge in [0.25, 0.3) is 0 Å². The number of primary amides is 2. The van der Waals surface area contributed by atoms with Crippen molar-refractivity contribution in [2.45, 2.75) is 31.9 Å². The van der Waals surface area contributed by atoms with Gasteiger partial charge in [0, 0.05) is 12.0 Å². The second kappa shape index (κ2) is 5.93. The van der Waals surface area contributed by atoms with Gasteiger partial charge in [0.1, 0.15) is 6.26 Å². The zero-order valence-corrected chi connectivity index (χ0v) is 10.6. The van der Waals surface area contributed by atoms with Crippen LogP contribution in [-0.2, 0) is 9.59 Å². The molecule has 2 amide bonds. The first-order valence-corrected chi connectivity index (χ1v) is 5.69. The SMILES string of the molecule is Cc1nocc1C(C(N)=O)C(CCC(F)(F)F)C(N)=O. The van der Waals surface area contributed by atoms with E-state index in [1.54, 1.807) is 0 Å². The predicted molar refractivity (Wildman–Crippen MR) is 61.1 cm³/mol. The molecule has 0 fully saturated rings. The molecule has 0 aromatic carbocycles. The molecule has 1 aromatic heterocycles. The highest BCUT2D eigenvalue weighted by atomic mass is 19.4. The molecule has 2 atom stereocenters. The van der Waals surface area contributed by atoms with Crippen molar-refractivity contribution in [2.75, 3.05) is 0 Å². The zero-order valence-electron chi connectivity index (χ0n) is 10.6. The van der Waals surface area contributed by atoms with Crippen molar-refractivity contribution in [3.63, 3.8) is 0 Å². The summed E-state index contributed by atoms with van der Waals surface area (Å²) in [5, 5.41) is 3.51. The van der Waals surface area contributed by atoms with Gasteiger partial charge in [-0.05, 0) is 13.3 Å². The minimum Gasteiger partial charge on any atom is -0.369 e. The highest BCUT2D eigenvalue weighted by molar-refractivity contribution is 5.90. The summed E-state index contributed by atoms with van der Waals surface area (Å²) in [4.78, 5) is 22.8. The molecule has 1 aromatic rings. The number of alkyl halides is 3. The molecule has 0 aliphatic rings. The van der Waals surface area contributed by atoms with Gasteiger partial charge >= 0.3 is 6.18 Å². The van der Waals surface area contributed by atoms with Crippen molar-refractivity contribution >= 4 is 11.8 Å². The van der Waals surface area contributed by atoms with Crippen LogP contribution in [0.5, 0.6) is 0 Å². The summed E-state index contributed by atoms with van der Waals surface area (Å²) in [6, 6.07) is 0. The third-order valence-corrected chi connectivity index (χ3v) is 2.94. The minimum absolute atomic E-state index is 0.170. The van der Waals surface area contributed by atoms with Crippen LogP contribution in [0, 0.1) is 12.8 Å². The lowest BCUT2D eigenvalue weighted by atomic mass is 9.82. The third-order valence-electron chi connectivity index (χ3n) is 2.94. The van der Waals surface area contributed by atoms with Crippen LogP contribution in [0.1, 0.15) is 30.0 Å². The van der Waals surface area contributed by atoms with E-state index in [0.29, 0.717) is 0 Å². The van der Waals surface area contributed by atoms with Gasteiger partial charge in [-0.1, -0.05) is 5.16 Å². The number of amides is 2. The molecule has 9 heteroatoms. The molecule has 1 heterocycles. The molecule has 0 bridgehead atoms. The van der Waals surface area contributed by atoms with Crippen LogP contribution in [0.2, 0.25) is 0 Å². The lowest BCUT2D eigenvalue weighted by Gasteiger charge is -2.21. The number of aryl methyl sites for hydroxylation is 1. The summed E-state index contributed by atoms with van der Waals surface area (Å²) in [6.45, 7) is 1.48. The first-order chi connectivity index (χ1) is 9.13. The van der Waals surface area contributed by atoms with Crippen LogP contribution in [0.15, 0.2) is 10.8 Å². The van der Waals surface area contributed by atoms with E-state index < -0.39 is 42.7 Å². The normalized spacial score (nSPS) is 14.8. The topological polar surface area (TPSA) is 112 Å². The monoisotopic (exact) mass is 293 g/mol. The molecule has 6 nitrogen and oxygen atoms in total. The summed E-state index contributed by atoms with van der Waals surface area (Å²) in [5.41, 5.74) is 10.7. The average molecular weight is 293 g/mol. The lowest BCUT2D eigenvalue weighted by Crippen LogP contribution is -2.37. The van der Waals surface area contributed by atoms with Gasteiger partial charge in [-0.25, -0.2) is 0 Å².